The van der Waals surface area contributed by atoms with Crippen molar-refractivity contribution in [1.29, 1.82) is 0 Å². The molecule has 5 heteroatoms. The van der Waals surface area contributed by atoms with Gasteiger partial charge in [0.15, 0.2) is 5.82 Å². The molecule has 1 N–H and O–H groups in total. The number of carbonyl (C=O) groups excluding carboxylic acids is 1. The van der Waals surface area contributed by atoms with E-state index < -0.39 is 0 Å². The zero-order chi connectivity index (χ0) is 18.4. The number of amides is 1. The van der Waals surface area contributed by atoms with Crippen LogP contribution in [0.1, 0.15) is 68.6 Å². The molecule has 1 heterocycles. The molecule has 0 saturated heterocycles. The molecule has 2 aromatic rings. The monoisotopic (exact) mass is 355 g/mol. The minimum atomic E-state index is -0.0107. The molecule has 0 bridgehead atoms. The summed E-state index contributed by atoms with van der Waals surface area (Å²) in [7, 11) is 0. The number of rotatable bonds is 7. The van der Waals surface area contributed by atoms with Crippen LogP contribution in [0.2, 0.25) is 0 Å². The van der Waals surface area contributed by atoms with E-state index >= 15 is 0 Å². The quantitative estimate of drug-likeness (QED) is 0.786. The van der Waals surface area contributed by atoms with E-state index in [-0.39, 0.29) is 5.91 Å². The molecule has 1 fully saturated rings. The summed E-state index contributed by atoms with van der Waals surface area (Å²) in [5, 5.41) is 7.11. The molecule has 0 radical (unpaired) electrons. The van der Waals surface area contributed by atoms with Crippen LogP contribution in [0.3, 0.4) is 0 Å². The number of carbonyl (C=O) groups is 1. The summed E-state index contributed by atoms with van der Waals surface area (Å²) >= 11 is 0. The molecule has 26 heavy (non-hydrogen) atoms. The first-order valence-corrected chi connectivity index (χ1v) is 9.88. The molecule has 1 aromatic heterocycles. The lowest BCUT2D eigenvalue weighted by molar-refractivity contribution is 0.0936. The molecular formula is C21H29N3O2. The highest BCUT2D eigenvalue weighted by Crippen LogP contribution is 2.29. The SMILES string of the molecule is CCCCc1noc(-c2ccc(C(=O)NCC3CCCC[C@H]3C)cc2)n1. The molecule has 2 atom stereocenters. The van der Waals surface area contributed by atoms with Crippen LogP contribution in [0.25, 0.3) is 11.5 Å². The van der Waals surface area contributed by atoms with Crippen molar-refractivity contribution in [3.8, 4) is 11.5 Å². The van der Waals surface area contributed by atoms with Crippen molar-refractivity contribution in [3.05, 3.63) is 35.7 Å². The van der Waals surface area contributed by atoms with E-state index in [9.17, 15) is 4.79 Å². The minimum absolute atomic E-state index is 0.0107. The van der Waals surface area contributed by atoms with Gasteiger partial charge in [-0.1, -0.05) is 44.7 Å². The molecule has 1 unspecified atom stereocenters. The van der Waals surface area contributed by atoms with Gasteiger partial charge in [0.1, 0.15) is 0 Å². The summed E-state index contributed by atoms with van der Waals surface area (Å²) in [6, 6.07) is 7.39. The summed E-state index contributed by atoms with van der Waals surface area (Å²) in [5.41, 5.74) is 1.51. The van der Waals surface area contributed by atoms with Gasteiger partial charge >= 0.3 is 0 Å². The van der Waals surface area contributed by atoms with Crippen LogP contribution in [0.5, 0.6) is 0 Å². The van der Waals surface area contributed by atoms with Crippen molar-refractivity contribution in [2.75, 3.05) is 6.54 Å². The van der Waals surface area contributed by atoms with E-state index in [1.807, 2.05) is 24.3 Å². The summed E-state index contributed by atoms with van der Waals surface area (Å²) in [5.74, 6) is 2.55. The molecular weight excluding hydrogens is 326 g/mol. The molecule has 1 saturated carbocycles. The molecule has 1 aromatic carbocycles. The van der Waals surface area contributed by atoms with Crippen LogP contribution >= 0.6 is 0 Å². The van der Waals surface area contributed by atoms with Gasteiger partial charge in [0, 0.05) is 24.1 Å². The van der Waals surface area contributed by atoms with Gasteiger partial charge in [-0.15, -0.1) is 0 Å². The predicted molar refractivity (Wildman–Crippen MR) is 102 cm³/mol. The topological polar surface area (TPSA) is 68.0 Å². The minimum Gasteiger partial charge on any atom is -0.352 e. The third-order valence-electron chi connectivity index (χ3n) is 5.43. The van der Waals surface area contributed by atoms with E-state index in [0.717, 1.165) is 37.2 Å². The zero-order valence-electron chi connectivity index (χ0n) is 15.8. The first-order valence-electron chi connectivity index (χ1n) is 9.88. The molecule has 0 aliphatic heterocycles. The van der Waals surface area contributed by atoms with Gasteiger partial charge in [-0.05, 0) is 48.9 Å². The van der Waals surface area contributed by atoms with Crippen LogP contribution < -0.4 is 5.32 Å². The van der Waals surface area contributed by atoms with Crippen molar-refractivity contribution in [1.82, 2.24) is 15.5 Å². The Morgan fingerprint density at radius 2 is 2.00 bits per heavy atom. The fourth-order valence-electron chi connectivity index (χ4n) is 3.59. The van der Waals surface area contributed by atoms with Gasteiger partial charge in [-0.3, -0.25) is 4.79 Å². The summed E-state index contributed by atoms with van der Waals surface area (Å²) in [4.78, 5) is 16.8. The van der Waals surface area contributed by atoms with Crippen molar-refractivity contribution >= 4 is 5.91 Å². The summed E-state index contributed by atoms with van der Waals surface area (Å²) in [6.45, 7) is 5.20. The molecule has 1 aliphatic carbocycles. The van der Waals surface area contributed by atoms with Gasteiger partial charge in [0.25, 0.3) is 11.8 Å². The normalized spacial score (nSPS) is 20.1. The molecule has 1 aliphatic rings. The van der Waals surface area contributed by atoms with Crippen molar-refractivity contribution in [3.63, 3.8) is 0 Å². The standard InChI is InChI=1S/C21H29N3O2/c1-3-4-9-19-23-21(26-24-19)17-12-10-16(11-13-17)20(25)22-14-18-8-6-5-7-15(18)2/h10-13,15,18H,3-9,14H2,1-2H3,(H,22,25)/t15-,18?/m1/s1. The number of hydrogen-bond acceptors (Lipinski definition) is 4. The van der Waals surface area contributed by atoms with E-state index in [4.69, 9.17) is 4.52 Å². The van der Waals surface area contributed by atoms with E-state index in [1.165, 1.54) is 25.7 Å². The largest absolute Gasteiger partial charge is 0.352 e. The Morgan fingerprint density at radius 1 is 1.23 bits per heavy atom. The molecule has 5 nitrogen and oxygen atoms in total. The maximum Gasteiger partial charge on any atom is 0.257 e. The van der Waals surface area contributed by atoms with Crippen LogP contribution in [0.15, 0.2) is 28.8 Å². The molecule has 3 rings (SSSR count). The highest BCUT2D eigenvalue weighted by molar-refractivity contribution is 5.94. The number of nitrogens with zero attached hydrogens (tertiary/aromatic N) is 2. The average Bonchev–Trinajstić information content (AvgIpc) is 3.14. The Labute approximate surface area is 155 Å². The van der Waals surface area contributed by atoms with Crippen LogP contribution in [0.4, 0.5) is 0 Å². The van der Waals surface area contributed by atoms with Crippen LogP contribution in [-0.2, 0) is 6.42 Å². The number of aromatic nitrogens is 2. The Balaban J connectivity index is 1.56. The number of benzene rings is 1. The van der Waals surface area contributed by atoms with Gasteiger partial charge in [0.05, 0.1) is 0 Å². The number of nitrogens with one attached hydrogen (secondary N) is 1. The van der Waals surface area contributed by atoms with Crippen molar-refractivity contribution in [2.24, 2.45) is 11.8 Å². The lowest BCUT2D eigenvalue weighted by Crippen LogP contribution is -2.33. The Bertz CT molecular complexity index is 708. The second-order valence-corrected chi connectivity index (χ2v) is 7.43. The molecule has 140 valence electrons. The smallest absolute Gasteiger partial charge is 0.257 e. The third-order valence-corrected chi connectivity index (χ3v) is 5.43. The number of unbranched alkanes of at least 4 members (excludes halogenated alkanes) is 1. The number of hydrogen-bond donors (Lipinski definition) is 1. The zero-order valence-corrected chi connectivity index (χ0v) is 15.8. The van der Waals surface area contributed by atoms with Gasteiger partial charge < -0.3 is 9.84 Å². The second kappa shape index (κ2) is 8.97. The van der Waals surface area contributed by atoms with Crippen LogP contribution in [0, 0.1) is 11.8 Å². The first kappa shape index (κ1) is 18.6. The summed E-state index contributed by atoms with van der Waals surface area (Å²) in [6.07, 6.45) is 8.09. The fourth-order valence-corrected chi connectivity index (χ4v) is 3.59. The van der Waals surface area contributed by atoms with Gasteiger partial charge in [-0.25, -0.2) is 0 Å². The maximum atomic E-state index is 12.4. The lowest BCUT2D eigenvalue weighted by Gasteiger charge is -2.28. The van der Waals surface area contributed by atoms with E-state index in [2.05, 4.69) is 29.3 Å². The van der Waals surface area contributed by atoms with Crippen LogP contribution in [-0.4, -0.2) is 22.6 Å². The van der Waals surface area contributed by atoms with Crippen molar-refractivity contribution in [2.45, 2.75) is 58.8 Å². The Hall–Kier alpha value is -2.17. The predicted octanol–water partition coefficient (Wildman–Crippen LogP) is 4.64. The van der Waals surface area contributed by atoms with Gasteiger partial charge in [0.2, 0.25) is 0 Å². The number of aryl methyl sites for hydroxylation is 1. The van der Waals surface area contributed by atoms with Gasteiger partial charge in [-0.2, -0.15) is 4.98 Å². The van der Waals surface area contributed by atoms with Crippen molar-refractivity contribution < 1.29 is 9.32 Å². The second-order valence-electron chi connectivity index (χ2n) is 7.43. The highest BCUT2D eigenvalue weighted by atomic mass is 16.5. The Kier molecular flexibility index (Phi) is 6.42. The molecule has 0 spiro atoms. The van der Waals surface area contributed by atoms with E-state index in [0.29, 0.717) is 23.3 Å². The fraction of sp³-hybridized carbons (Fsp3) is 0.571. The maximum absolute atomic E-state index is 12.4. The molecule has 1 amide bonds. The average molecular weight is 355 g/mol. The summed E-state index contributed by atoms with van der Waals surface area (Å²) < 4.78 is 5.33. The third kappa shape index (κ3) is 4.71. The Morgan fingerprint density at radius 3 is 2.73 bits per heavy atom. The lowest BCUT2D eigenvalue weighted by atomic mass is 9.80. The first-order chi connectivity index (χ1) is 12.7. The highest BCUT2D eigenvalue weighted by Gasteiger charge is 2.21. The van der Waals surface area contributed by atoms with E-state index in [1.54, 1.807) is 0 Å².